The fourth-order valence-corrected chi connectivity index (χ4v) is 3.06. The average Bonchev–Trinajstić information content (AvgIpc) is 2.75. The maximum atomic E-state index is 2.28. The maximum absolute atomic E-state index is 2.28. The van der Waals surface area contributed by atoms with Crippen LogP contribution in [0.4, 0.5) is 0 Å². The molecule has 0 aliphatic heterocycles. The molecule has 0 saturated heterocycles. The van der Waals surface area contributed by atoms with E-state index in [1.807, 2.05) is 0 Å². The Kier molecular flexibility index (Phi) is 0.940. The number of fused-ring (bicyclic) bond motifs is 2. The van der Waals surface area contributed by atoms with E-state index in [4.69, 9.17) is 0 Å². The summed E-state index contributed by atoms with van der Waals surface area (Å²) in [5.41, 5.74) is 6.12. The Balaban J connectivity index is 2.07. The Morgan fingerprint density at radius 2 is 1.50 bits per heavy atom. The molecule has 4 aliphatic rings. The molecule has 0 amide bonds. The van der Waals surface area contributed by atoms with Gasteiger partial charge in [-0.25, -0.2) is 0 Å². The van der Waals surface area contributed by atoms with Gasteiger partial charge in [-0.15, -0.1) is 0 Å². The van der Waals surface area contributed by atoms with E-state index in [0.717, 1.165) is 0 Å². The van der Waals surface area contributed by atoms with E-state index >= 15 is 0 Å². The van der Waals surface area contributed by atoms with Crippen molar-refractivity contribution >= 4 is 0 Å². The molecule has 0 unspecified atom stereocenters. The molecular formula is C14H10. The van der Waals surface area contributed by atoms with Crippen molar-refractivity contribution in [2.24, 2.45) is 0 Å². The quantitative estimate of drug-likeness (QED) is 0.573. The first-order chi connectivity index (χ1) is 6.89. The number of allylic oxidation sites excluding steroid dienone is 6. The van der Waals surface area contributed by atoms with Crippen LogP contribution >= 0.6 is 0 Å². The summed E-state index contributed by atoms with van der Waals surface area (Å²) in [5.74, 6) is 0. The summed E-state index contributed by atoms with van der Waals surface area (Å²) in [6.45, 7) is 0. The fraction of sp³-hybridized carbons (Fsp3) is 0.143. The molecule has 0 radical (unpaired) electrons. The predicted molar refractivity (Wildman–Crippen MR) is 57.1 cm³/mol. The third-order valence-corrected chi connectivity index (χ3v) is 3.79. The van der Waals surface area contributed by atoms with Gasteiger partial charge in [0.15, 0.2) is 0 Å². The van der Waals surface area contributed by atoms with Crippen LogP contribution in [0.2, 0.25) is 0 Å². The minimum absolute atomic E-state index is 0.235. The topological polar surface area (TPSA) is 0 Å². The van der Waals surface area contributed by atoms with Crippen LogP contribution in [0.25, 0.3) is 0 Å². The smallest absolute Gasteiger partial charge is 0.0491 e. The first-order valence-corrected chi connectivity index (χ1v) is 5.10. The van der Waals surface area contributed by atoms with Crippen molar-refractivity contribution < 1.29 is 0 Å². The van der Waals surface area contributed by atoms with Gasteiger partial charge in [-0.1, -0.05) is 48.6 Å². The Labute approximate surface area is 83.3 Å². The van der Waals surface area contributed by atoms with E-state index in [1.54, 1.807) is 0 Å². The van der Waals surface area contributed by atoms with E-state index < -0.39 is 0 Å². The molecule has 66 valence electrons. The molecule has 5 rings (SSSR count). The first-order valence-electron chi connectivity index (χ1n) is 5.10. The molecule has 0 aromatic heterocycles. The van der Waals surface area contributed by atoms with Crippen molar-refractivity contribution in [3.8, 4) is 0 Å². The van der Waals surface area contributed by atoms with Gasteiger partial charge in [0, 0.05) is 5.41 Å². The minimum atomic E-state index is 0.235. The highest BCUT2D eigenvalue weighted by Gasteiger charge is 2.45. The monoisotopic (exact) mass is 178 g/mol. The van der Waals surface area contributed by atoms with E-state index in [2.05, 4.69) is 48.6 Å². The lowest BCUT2D eigenvalue weighted by Gasteiger charge is -2.35. The zero-order valence-electron chi connectivity index (χ0n) is 7.83. The molecule has 0 N–H and O–H groups in total. The Morgan fingerprint density at radius 3 is 1.93 bits per heavy atom. The Bertz CT molecular complexity index is 487. The van der Waals surface area contributed by atoms with Gasteiger partial charge in [0.25, 0.3) is 0 Å². The summed E-state index contributed by atoms with van der Waals surface area (Å²) in [4.78, 5) is 0. The molecule has 1 aromatic rings. The van der Waals surface area contributed by atoms with Crippen LogP contribution in [0, 0.1) is 0 Å². The van der Waals surface area contributed by atoms with Crippen LogP contribution in [0.1, 0.15) is 11.1 Å². The largest absolute Gasteiger partial charge is 0.0587 e. The zero-order valence-corrected chi connectivity index (χ0v) is 7.83. The van der Waals surface area contributed by atoms with Gasteiger partial charge in [0.05, 0.1) is 0 Å². The number of rotatable bonds is 0. The molecule has 1 spiro atoms. The summed E-state index contributed by atoms with van der Waals surface area (Å²) < 4.78 is 0. The summed E-state index contributed by atoms with van der Waals surface area (Å²) in [6, 6.07) is 9.05. The molecule has 0 heterocycles. The highest BCUT2D eigenvalue weighted by atomic mass is 14.5. The summed E-state index contributed by atoms with van der Waals surface area (Å²) in [5, 5.41) is 0. The molecule has 1 aromatic carbocycles. The van der Waals surface area contributed by atoms with Gasteiger partial charge in [-0.3, -0.25) is 0 Å². The van der Waals surface area contributed by atoms with Crippen LogP contribution in [-0.2, 0) is 11.8 Å². The van der Waals surface area contributed by atoms with Crippen LogP contribution in [0.3, 0.4) is 0 Å². The molecule has 4 aliphatic carbocycles. The van der Waals surface area contributed by atoms with Gasteiger partial charge < -0.3 is 0 Å². The molecule has 0 heteroatoms. The minimum Gasteiger partial charge on any atom is -0.0587 e. The predicted octanol–water partition coefficient (Wildman–Crippen LogP) is 2.92. The highest BCUT2D eigenvalue weighted by Crippen LogP contribution is 2.52. The van der Waals surface area contributed by atoms with E-state index in [1.165, 1.54) is 28.7 Å². The van der Waals surface area contributed by atoms with Crippen LogP contribution in [-0.4, -0.2) is 0 Å². The van der Waals surface area contributed by atoms with Crippen molar-refractivity contribution in [1.29, 1.82) is 0 Å². The highest BCUT2D eigenvalue weighted by molar-refractivity contribution is 5.68. The molecule has 14 heavy (non-hydrogen) atoms. The van der Waals surface area contributed by atoms with Gasteiger partial charge in [-0.2, -0.15) is 0 Å². The van der Waals surface area contributed by atoms with Gasteiger partial charge in [0.1, 0.15) is 0 Å². The molecule has 0 nitrogen and oxygen atoms in total. The van der Waals surface area contributed by atoms with E-state index in [9.17, 15) is 0 Å². The average molecular weight is 178 g/mol. The zero-order chi connectivity index (χ0) is 9.17. The standard InChI is InChI=1S/C14H10/c1-3-11-4-2-10(1)9-14(11)12-5-6-13(14)8-7-12/h1-8H,9H2. The maximum Gasteiger partial charge on any atom is 0.0491 e. The molecular weight excluding hydrogens is 168 g/mol. The second-order valence-electron chi connectivity index (χ2n) is 4.36. The second kappa shape index (κ2) is 1.93. The van der Waals surface area contributed by atoms with Crippen molar-refractivity contribution in [3.05, 3.63) is 70.8 Å². The third-order valence-electron chi connectivity index (χ3n) is 3.79. The SMILES string of the molecule is C1=CC2=CC=C1C21Cc2ccc1cc2. The summed E-state index contributed by atoms with van der Waals surface area (Å²) in [6.07, 6.45) is 10.2. The van der Waals surface area contributed by atoms with Gasteiger partial charge >= 0.3 is 0 Å². The second-order valence-corrected chi connectivity index (χ2v) is 4.36. The van der Waals surface area contributed by atoms with Gasteiger partial charge in [0.2, 0.25) is 0 Å². The van der Waals surface area contributed by atoms with Crippen molar-refractivity contribution in [3.63, 3.8) is 0 Å². The Hall–Kier alpha value is -1.56. The van der Waals surface area contributed by atoms with E-state index in [-0.39, 0.29) is 5.41 Å². The fourth-order valence-electron chi connectivity index (χ4n) is 3.06. The van der Waals surface area contributed by atoms with Crippen LogP contribution < -0.4 is 0 Å². The molecule has 0 saturated carbocycles. The molecule has 0 fully saturated rings. The molecule has 4 bridgehead atoms. The number of hydrogen-bond acceptors (Lipinski definition) is 0. The first kappa shape index (κ1) is 6.83. The number of hydrogen-bond donors (Lipinski definition) is 0. The van der Waals surface area contributed by atoms with Crippen molar-refractivity contribution in [1.82, 2.24) is 0 Å². The van der Waals surface area contributed by atoms with Gasteiger partial charge in [-0.05, 0) is 28.7 Å². The summed E-state index contributed by atoms with van der Waals surface area (Å²) >= 11 is 0. The normalized spacial score (nSPS) is 23.1. The van der Waals surface area contributed by atoms with Crippen LogP contribution in [0.5, 0.6) is 0 Å². The van der Waals surface area contributed by atoms with E-state index in [0.29, 0.717) is 0 Å². The lowest BCUT2D eigenvalue weighted by atomic mass is 9.67. The summed E-state index contributed by atoms with van der Waals surface area (Å²) in [7, 11) is 0. The molecule has 0 atom stereocenters. The number of benzene rings is 1. The van der Waals surface area contributed by atoms with Crippen molar-refractivity contribution in [2.45, 2.75) is 11.8 Å². The lowest BCUT2D eigenvalue weighted by Crippen LogP contribution is -2.31. The Morgan fingerprint density at radius 1 is 0.857 bits per heavy atom. The van der Waals surface area contributed by atoms with Crippen LogP contribution in [0.15, 0.2) is 59.7 Å². The van der Waals surface area contributed by atoms with Crippen molar-refractivity contribution in [2.75, 3.05) is 0 Å². The third kappa shape index (κ3) is 0.542. The lowest BCUT2D eigenvalue weighted by molar-refractivity contribution is 0.617.